The average Bonchev–Trinajstić information content (AvgIpc) is 3.34. The maximum Gasteiger partial charge on any atom is 0.306 e. The molecule has 0 aliphatic heterocycles. The van der Waals surface area contributed by atoms with Gasteiger partial charge in [-0.1, -0.05) is 219 Å². The molecule has 1 atom stereocenters. The van der Waals surface area contributed by atoms with Gasteiger partial charge in [0.15, 0.2) is 6.10 Å². The molecule has 0 amide bonds. The highest BCUT2D eigenvalue weighted by molar-refractivity contribution is 5.70. The summed E-state index contributed by atoms with van der Waals surface area (Å²) in [5, 5.41) is 0. The number of ether oxygens (including phenoxy) is 3. The van der Waals surface area contributed by atoms with E-state index in [2.05, 4.69) is 142 Å². The number of carbonyl (C=O) groups is 2. The van der Waals surface area contributed by atoms with E-state index >= 15 is 0 Å². The molecule has 0 rings (SSSR count). The minimum absolute atomic E-state index is 0.0555. The molecule has 5 heteroatoms. The molecule has 5 nitrogen and oxygen atoms in total. The van der Waals surface area contributed by atoms with Crippen LogP contribution in [0.15, 0.2) is 122 Å². The summed E-state index contributed by atoms with van der Waals surface area (Å²) in [4.78, 5) is 25.5. The smallest absolute Gasteiger partial charge is 0.306 e. The quantitative estimate of drug-likeness (QED) is 0.0345. The lowest BCUT2D eigenvalue weighted by atomic mass is 10.1. The van der Waals surface area contributed by atoms with E-state index in [1.807, 2.05) is 0 Å². The van der Waals surface area contributed by atoms with Crippen LogP contribution in [0, 0.1) is 0 Å². The van der Waals surface area contributed by atoms with Gasteiger partial charge in [-0.15, -0.1) is 0 Å². The Balaban J connectivity index is 4.39. The molecule has 0 heterocycles. The summed E-state index contributed by atoms with van der Waals surface area (Å²) in [6, 6.07) is 0. The zero-order valence-electron chi connectivity index (χ0n) is 44.3. The Morgan fingerprint density at radius 3 is 1.06 bits per heavy atom. The lowest BCUT2D eigenvalue weighted by Gasteiger charge is -2.18. The van der Waals surface area contributed by atoms with Crippen molar-refractivity contribution in [2.75, 3.05) is 19.8 Å². The lowest BCUT2D eigenvalue weighted by Crippen LogP contribution is -2.30. The molecule has 386 valence electrons. The summed E-state index contributed by atoms with van der Waals surface area (Å²) in [5.41, 5.74) is 0. The molecular formula is C63H104O5. The standard InChI is InChI=1S/C63H104O5/c1-4-7-10-13-16-19-22-25-28-31-32-34-35-38-41-44-47-50-53-56-62(64)67-60-61(59-66-58-55-52-49-46-43-40-37-30-27-24-21-18-15-12-9-6-3)68-63(65)57-54-51-48-45-42-39-36-33-29-26-23-20-17-14-11-8-5-2/h8-9,11-12,16-21,25-30,32,34,36,39,61H,4-7,10,13-15,22-24,31,33,35,37-38,40-60H2,1-3H3/b11-8-,12-9-,19-16-,20-17-,21-18-,28-25-,29-26-,30-27-,34-32-,39-36-. The van der Waals surface area contributed by atoms with Crippen molar-refractivity contribution in [1.82, 2.24) is 0 Å². The van der Waals surface area contributed by atoms with Gasteiger partial charge in [-0.3, -0.25) is 9.59 Å². The normalized spacial score (nSPS) is 13.2. The van der Waals surface area contributed by atoms with Crippen LogP contribution in [0.25, 0.3) is 0 Å². The van der Waals surface area contributed by atoms with E-state index < -0.39 is 6.10 Å². The van der Waals surface area contributed by atoms with Gasteiger partial charge in [0, 0.05) is 19.4 Å². The summed E-state index contributed by atoms with van der Waals surface area (Å²) in [7, 11) is 0. The van der Waals surface area contributed by atoms with Crippen LogP contribution in [0.3, 0.4) is 0 Å². The van der Waals surface area contributed by atoms with Crippen LogP contribution in [-0.2, 0) is 23.8 Å². The van der Waals surface area contributed by atoms with E-state index in [0.717, 1.165) is 135 Å². The molecule has 0 saturated carbocycles. The predicted octanol–water partition coefficient (Wildman–Crippen LogP) is 19.3. The molecule has 0 bridgehead atoms. The average molecular weight is 942 g/mol. The van der Waals surface area contributed by atoms with Crippen LogP contribution in [0.1, 0.15) is 239 Å². The SMILES string of the molecule is CC/C=C\C/C=C\C/C=C\C/C=C\CCCCCCC(=O)OC(COCCCCCCCC/C=C\C/C=C\C/C=C\CC)COC(=O)CCCCCCCC/C=C\C/C=C\C/C=C\CCCCC. The van der Waals surface area contributed by atoms with Gasteiger partial charge in [-0.05, 0) is 128 Å². The van der Waals surface area contributed by atoms with Crippen LogP contribution in [0.2, 0.25) is 0 Å². The third-order valence-corrected chi connectivity index (χ3v) is 11.5. The molecule has 0 radical (unpaired) electrons. The Kier molecular flexibility index (Phi) is 54.5. The number of hydrogen-bond donors (Lipinski definition) is 0. The van der Waals surface area contributed by atoms with Gasteiger partial charge in [0.05, 0.1) is 6.61 Å². The van der Waals surface area contributed by atoms with Gasteiger partial charge in [0.1, 0.15) is 6.61 Å². The highest BCUT2D eigenvalue weighted by Gasteiger charge is 2.17. The fraction of sp³-hybridized carbons (Fsp3) is 0.651. The number of rotatable bonds is 50. The van der Waals surface area contributed by atoms with E-state index in [4.69, 9.17) is 14.2 Å². The zero-order chi connectivity index (χ0) is 49.2. The van der Waals surface area contributed by atoms with Gasteiger partial charge in [0.25, 0.3) is 0 Å². The molecule has 0 N–H and O–H groups in total. The van der Waals surface area contributed by atoms with Crippen molar-refractivity contribution in [3.63, 3.8) is 0 Å². The molecular weight excluding hydrogens is 837 g/mol. The first-order chi connectivity index (χ1) is 33.6. The van der Waals surface area contributed by atoms with Crippen LogP contribution in [0.4, 0.5) is 0 Å². The van der Waals surface area contributed by atoms with Crippen molar-refractivity contribution in [1.29, 1.82) is 0 Å². The summed E-state index contributed by atoms with van der Waals surface area (Å²) in [5.74, 6) is -0.451. The Labute approximate surface area is 420 Å². The fourth-order valence-electron chi connectivity index (χ4n) is 7.34. The molecule has 0 fully saturated rings. The van der Waals surface area contributed by atoms with Crippen molar-refractivity contribution in [2.45, 2.75) is 245 Å². The number of hydrogen-bond acceptors (Lipinski definition) is 5. The van der Waals surface area contributed by atoms with Crippen LogP contribution >= 0.6 is 0 Å². The van der Waals surface area contributed by atoms with E-state index in [9.17, 15) is 9.59 Å². The van der Waals surface area contributed by atoms with Crippen molar-refractivity contribution in [2.24, 2.45) is 0 Å². The number of carbonyl (C=O) groups excluding carboxylic acids is 2. The Hall–Kier alpha value is -3.70. The number of unbranched alkanes of at least 4 members (excludes halogenated alkanes) is 19. The maximum absolute atomic E-state index is 12.9. The molecule has 68 heavy (non-hydrogen) atoms. The minimum atomic E-state index is -0.571. The van der Waals surface area contributed by atoms with Crippen molar-refractivity contribution in [3.05, 3.63) is 122 Å². The number of allylic oxidation sites excluding steroid dienone is 20. The van der Waals surface area contributed by atoms with Crippen molar-refractivity contribution < 1.29 is 23.8 Å². The Morgan fingerprint density at radius 2 is 0.662 bits per heavy atom. The fourth-order valence-corrected chi connectivity index (χ4v) is 7.34. The molecule has 0 spiro atoms. The Bertz CT molecular complexity index is 1390. The Morgan fingerprint density at radius 1 is 0.338 bits per heavy atom. The van der Waals surface area contributed by atoms with Gasteiger partial charge < -0.3 is 14.2 Å². The maximum atomic E-state index is 12.9. The number of esters is 2. The second-order valence-corrected chi connectivity index (χ2v) is 18.1. The zero-order valence-corrected chi connectivity index (χ0v) is 44.3. The first-order valence-electron chi connectivity index (χ1n) is 28.1. The predicted molar refractivity (Wildman–Crippen MR) is 297 cm³/mol. The molecule has 0 aliphatic rings. The van der Waals surface area contributed by atoms with Gasteiger partial charge in [-0.25, -0.2) is 0 Å². The van der Waals surface area contributed by atoms with Crippen LogP contribution in [-0.4, -0.2) is 37.9 Å². The van der Waals surface area contributed by atoms with Crippen LogP contribution in [0.5, 0.6) is 0 Å². The minimum Gasteiger partial charge on any atom is -0.462 e. The second-order valence-electron chi connectivity index (χ2n) is 18.1. The largest absolute Gasteiger partial charge is 0.462 e. The lowest BCUT2D eigenvalue weighted by molar-refractivity contribution is -0.163. The molecule has 0 aliphatic carbocycles. The second kappa shape index (κ2) is 57.6. The van der Waals surface area contributed by atoms with E-state index in [-0.39, 0.29) is 25.2 Å². The van der Waals surface area contributed by atoms with Crippen molar-refractivity contribution in [3.8, 4) is 0 Å². The third kappa shape index (κ3) is 54.9. The third-order valence-electron chi connectivity index (χ3n) is 11.5. The summed E-state index contributed by atoms with van der Waals surface area (Å²) >= 11 is 0. The topological polar surface area (TPSA) is 61.8 Å². The summed E-state index contributed by atoms with van der Waals surface area (Å²) in [6.45, 7) is 7.51. The highest BCUT2D eigenvalue weighted by atomic mass is 16.6. The summed E-state index contributed by atoms with van der Waals surface area (Å²) < 4.78 is 17.4. The molecule has 0 aromatic heterocycles. The first-order valence-corrected chi connectivity index (χ1v) is 28.1. The summed E-state index contributed by atoms with van der Waals surface area (Å²) in [6.07, 6.45) is 80.7. The van der Waals surface area contributed by atoms with E-state index in [1.54, 1.807) is 0 Å². The van der Waals surface area contributed by atoms with Gasteiger partial charge >= 0.3 is 11.9 Å². The highest BCUT2D eigenvalue weighted by Crippen LogP contribution is 2.13. The molecule has 0 saturated heterocycles. The van der Waals surface area contributed by atoms with Crippen molar-refractivity contribution >= 4 is 11.9 Å². The van der Waals surface area contributed by atoms with Crippen LogP contribution < -0.4 is 0 Å². The van der Waals surface area contributed by atoms with E-state index in [1.165, 1.54) is 70.6 Å². The molecule has 0 aromatic rings. The first kappa shape index (κ1) is 64.3. The van der Waals surface area contributed by atoms with Gasteiger partial charge in [0.2, 0.25) is 0 Å². The molecule has 1 unspecified atom stereocenters. The molecule has 0 aromatic carbocycles. The van der Waals surface area contributed by atoms with E-state index in [0.29, 0.717) is 19.4 Å². The monoisotopic (exact) mass is 941 g/mol. The van der Waals surface area contributed by atoms with Gasteiger partial charge in [-0.2, -0.15) is 0 Å².